The number of thiophene rings is 1. The third-order valence-electron chi connectivity index (χ3n) is 3.73. The van der Waals surface area contributed by atoms with Gasteiger partial charge in [0.05, 0.1) is 6.04 Å². The van der Waals surface area contributed by atoms with Crippen molar-refractivity contribution in [3.8, 4) is 0 Å². The van der Waals surface area contributed by atoms with E-state index in [0.717, 1.165) is 12.8 Å². The van der Waals surface area contributed by atoms with Crippen LogP contribution in [0.2, 0.25) is 0 Å². The normalized spacial score (nSPS) is 19.4. The van der Waals surface area contributed by atoms with Gasteiger partial charge >= 0.3 is 0 Å². The summed E-state index contributed by atoms with van der Waals surface area (Å²) in [6.45, 7) is 2.66. The molecular formula is C13H20N2OS. The monoisotopic (exact) mass is 252 g/mol. The zero-order chi connectivity index (χ0) is 12.3. The third kappa shape index (κ3) is 2.87. The van der Waals surface area contributed by atoms with Gasteiger partial charge in [-0.05, 0) is 43.2 Å². The molecular weight excluding hydrogens is 232 g/mol. The summed E-state index contributed by atoms with van der Waals surface area (Å²) in [5, 5.41) is 5.09. The Morgan fingerprint density at radius 1 is 1.65 bits per heavy atom. The van der Waals surface area contributed by atoms with E-state index in [1.165, 1.54) is 11.3 Å². The van der Waals surface area contributed by atoms with Crippen LogP contribution in [0, 0.1) is 5.41 Å². The van der Waals surface area contributed by atoms with Crippen LogP contribution in [0.3, 0.4) is 0 Å². The van der Waals surface area contributed by atoms with Gasteiger partial charge in [0, 0.05) is 11.3 Å². The molecule has 1 aliphatic rings. The number of carbonyl (C=O) groups is 1. The molecule has 3 N–H and O–H groups in total. The number of nitrogens with one attached hydrogen (secondary N) is 1. The van der Waals surface area contributed by atoms with Crippen LogP contribution in [0.15, 0.2) is 17.5 Å². The minimum absolute atomic E-state index is 0.0965. The molecule has 2 rings (SSSR count). The number of carbonyl (C=O) groups excluding carboxylic acids is 1. The first-order valence-corrected chi connectivity index (χ1v) is 7.06. The Labute approximate surface area is 106 Å². The molecule has 3 nitrogen and oxygen atoms in total. The third-order valence-corrected chi connectivity index (χ3v) is 4.79. The van der Waals surface area contributed by atoms with E-state index in [4.69, 9.17) is 5.73 Å². The van der Waals surface area contributed by atoms with Crippen molar-refractivity contribution < 1.29 is 4.79 Å². The van der Waals surface area contributed by atoms with Crippen molar-refractivity contribution in [2.75, 3.05) is 6.54 Å². The van der Waals surface area contributed by atoms with Crippen molar-refractivity contribution in [1.29, 1.82) is 0 Å². The summed E-state index contributed by atoms with van der Waals surface area (Å²) in [4.78, 5) is 13.2. The van der Waals surface area contributed by atoms with Gasteiger partial charge in [-0.15, -0.1) is 11.3 Å². The summed E-state index contributed by atoms with van der Waals surface area (Å²) in [7, 11) is 0. The second-order valence-corrected chi connectivity index (χ2v) is 6.02. The minimum Gasteiger partial charge on any atom is -0.349 e. The zero-order valence-electron chi connectivity index (χ0n) is 10.2. The highest BCUT2D eigenvalue weighted by atomic mass is 32.1. The molecule has 1 aromatic rings. The number of hydrogen-bond acceptors (Lipinski definition) is 3. The van der Waals surface area contributed by atoms with Crippen molar-refractivity contribution in [1.82, 2.24) is 5.32 Å². The quantitative estimate of drug-likeness (QED) is 0.845. The van der Waals surface area contributed by atoms with Crippen LogP contribution in [0.4, 0.5) is 0 Å². The van der Waals surface area contributed by atoms with Crippen LogP contribution in [-0.2, 0) is 4.79 Å². The SMILES string of the molecule is C[C@@H](NC(=O)CC1(CN)CCC1)c1cccs1. The van der Waals surface area contributed by atoms with E-state index in [2.05, 4.69) is 11.4 Å². The van der Waals surface area contributed by atoms with Crippen LogP contribution in [0.25, 0.3) is 0 Å². The zero-order valence-corrected chi connectivity index (χ0v) is 11.1. The van der Waals surface area contributed by atoms with Gasteiger partial charge < -0.3 is 11.1 Å². The summed E-state index contributed by atoms with van der Waals surface area (Å²) >= 11 is 1.68. The van der Waals surface area contributed by atoms with Crippen LogP contribution in [-0.4, -0.2) is 12.5 Å². The summed E-state index contributed by atoms with van der Waals surface area (Å²) in [5.41, 5.74) is 5.86. The Morgan fingerprint density at radius 2 is 2.41 bits per heavy atom. The Morgan fingerprint density at radius 3 is 2.88 bits per heavy atom. The van der Waals surface area contributed by atoms with Crippen molar-refractivity contribution in [3.05, 3.63) is 22.4 Å². The van der Waals surface area contributed by atoms with Crippen LogP contribution in [0.5, 0.6) is 0 Å². The van der Waals surface area contributed by atoms with Crippen LogP contribution in [0.1, 0.15) is 43.5 Å². The fraction of sp³-hybridized carbons (Fsp3) is 0.615. The largest absolute Gasteiger partial charge is 0.349 e. The highest BCUT2D eigenvalue weighted by Crippen LogP contribution is 2.42. The maximum atomic E-state index is 12.0. The smallest absolute Gasteiger partial charge is 0.221 e. The van der Waals surface area contributed by atoms with Crippen molar-refractivity contribution in [3.63, 3.8) is 0 Å². The maximum Gasteiger partial charge on any atom is 0.221 e. The summed E-state index contributed by atoms with van der Waals surface area (Å²) in [5.74, 6) is 0.135. The molecule has 0 aliphatic heterocycles. The predicted molar refractivity (Wildman–Crippen MR) is 70.8 cm³/mol. The fourth-order valence-corrected chi connectivity index (χ4v) is 3.11. The molecule has 0 unspecified atom stereocenters. The van der Waals surface area contributed by atoms with E-state index in [1.54, 1.807) is 11.3 Å². The molecule has 1 atom stereocenters. The molecule has 1 amide bonds. The standard InChI is InChI=1S/C13H20N2OS/c1-10(11-4-2-7-17-11)15-12(16)8-13(9-14)5-3-6-13/h2,4,7,10H,3,5-6,8-9,14H2,1H3,(H,15,16)/t10-/m1/s1. The highest BCUT2D eigenvalue weighted by Gasteiger charge is 2.37. The fourth-order valence-electron chi connectivity index (χ4n) is 2.37. The average molecular weight is 252 g/mol. The van der Waals surface area contributed by atoms with Crippen molar-refractivity contribution >= 4 is 17.2 Å². The van der Waals surface area contributed by atoms with Crippen molar-refractivity contribution in [2.24, 2.45) is 11.1 Å². The molecule has 0 aromatic carbocycles. The van der Waals surface area contributed by atoms with E-state index >= 15 is 0 Å². The molecule has 0 radical (unpaired) electrons. The Hall–Kier alpha value is -0.870. The van der Waals surface area contributed by atoms with E-state index < -0.39 is 0 Å². The van der Waals surface area contributed by atoms with Gasteiger partial charge in [-0.1, -0.05) is 12.5 Å². The Balaban J connectivity index is 1.85. The lowest BCUT2D eigenvalue weighted by Gasteiger charge is -2.40. The van der Waals surface area contributed by atoms with Gasteiger partial charge in [0.25, 0.3) is 0 Å². The molecule has 1 fully saturated rings. The first kappa shape index (κ1) is 12.6. The van der Waals surface area contributed by atoms with E-state index in [-0.39, 0.29) is 17.4 Å². The average Bonchev–Trinajstić information content (AvgIpc) is 2.76. The second kappa shape index (κ2) is 5.19. The van der Waals surface area contributed by atoms with Gasteiger partial charge in [-0.2, -0.15) is 0 Å². The van der Waals surface area contributed by atoms with Crippen molar-refractivity contribution in [2.45, 2.75) is 38.6 Å². The lowest BCUT2D eigenvalue weighted by Crippen LogP contribution is -2.42. The van der Waals surface area contributed by atoms with Crippen LogP contribution >= 0.6 is 11.3 Å². The minimum atomic E-state index is 0.0965. The van der Waals surface area contributed by atoms with Gasteiger partial charge in [0.2, 0.25) is 5.91 Å². The van der Waals surface area contributed by atoms with Gasteiger partial charge in [-0.3, -0.25) is 4.79 Å². The molecule has 1 heterocycles. The molecule has 4 heteroatoms. The highest BCUT2D eigenvalue weighted by molar-refractivity contribution is 7.10. The predicted octanol–water partition coefficient (Wildman–Crippen LogP) is 2.44. The number of rotatable bonds is 5. The molecule has 0 saturated heterocycles. The van der Waals surface area contributed by atoms with E-state index in [9.17, 15) is 4.79 Å². The lowest BCUT2D eigenvalue weighted by molar-refractivity contribution is -0.125. The van der Waals surface area contributed by atoms with Crippen LogP contribution < -0.4 is 11.1 Å². The van der Waals surface area contributed by atoms with E-state index in [1.807, 2.05) is 18.4 Å². The number of amides is 1. The van der Waals surface area contributed by atoms with Gasteiger partial charge in [0.1, 0.15) is 0 Å². The molecule has 94 valence electrons. The number of hydrogen-bond donors (Lipinski definition) is 2. The van der Waals surface area contributed by atoms with Gasteiger partial charge in [0.15, 0.2) is 0 Å². The molecule has 0 spiro atoms. The Bertz CT molecular complexity index is 365. The summed E-state index contributed by atoms with van der Waals surface area (Å²) < 4.78 is 0. The molecule has 1 aliphatic carbocycles. The molecule has 1 saturated carbocycles. The molecule has 1 aromatic heterocycles. The summed E-state index contributed by atoms with van der Waals surface area (Å²) in [6.07, 6.45) is 4.00. The topological polar surface area (TPSA) is 55.1 Å². The first-order valence-electron chi connectivity index (χ1n) is 6.18. The number of nitrogens with two attached hydrogens (primary N) is 1. The van der Waals surface area contributed by atoms with E-state index in [0.29, 0.717) is 13.0 Å². The molecule has 17 heavy (non-hydrogen) atoms. The first-order chi connectivity index (χ1) is 8.15. The second-order valence-electron chi connectivity index (χ2n) is 5.04. The Kier molecular flexibility index (Phi) is 3.84. The lowest BCUT2D eigenvalue weighted by atomic mass is 9.66. The molecule has 0 bridgehead atoms. The van der Waals surface area contributed by atoms with Gasteiger partial charge in [-0.25, -0.2) is 0 Å². The summed E-state index contributed by atoms with van der Waals surface area (Å²) in [6, 6.07) is 4.17. The maximum absolute atomic E-state index is 12.0.